The highest BCUT2D eigenvalue weighted by Gasteiger charge is 2.42. The Labute approximate surface area is 213 Å². The van der Waals surface area contributed by atoms with Crippen LogP contribution in [-0.4, -0.2) is 45.9 Å². The smallest absolute Gasteiger partial charge is 0.335 e. The fraction of sp³-hybridized carbons (Fsp3) is 0.207. The maximum Gasteiger partial charge on any atom is 0.335 e. The molecular formula is C29H26N4O4. The molecule has 0 spiro atoms. The van der Waals surface area contributed by atoms with Gasteiger partial charge in [-0.3, -0.25) is 9.59 Å². The third-order valence-corrected chi connectivity index (χ3v) is 7.40. The standard InChI is InChI=1S/C29H26N4O4/c1-31-23-8-4-3-7-22(23)28(35)32-15-14-21-20-6-2-5-9-24(20)33(26(21)27(31)32)17-25(34)30-16-18-10-12-19(13-11-18)29(36)37/h2-13,27H,14-17H2,1H3,(H,30,34)(H,36,37)/t27-/m1/s1. The highest BCUT2D eigenvalue weighted by atomic mass is 16.4. The number of benzene rings is 3. The molecule has 8 nitrogen and oxygen atoms in total. The minimum Gasteiger partial charge on any atom is -0.478 e. The van der Waals surface area contributed by atoms with Crippen LogP contribution < -0.4 is 10.2 Å². The number of para-hydroxylation sites is 2. The van der Waals surface area contributed by atoms with Crippen molar-refractivity contribution in [1.29, 1.82) is 0 Å². The van der Waals surface area contributed by atoms with Crippen LogP contribution in [0.3, 0.4) is 0 Å². The molecule has 1 atom stereocenters. The lowest BCUT2D eigenvalue weighted by Gasteiger charge is -2.46. The van der Waals surface area contributed by atoms with Gasteiger partial charge in [0.1, 0.15) is 12.7 Å². The first-order chi connectivity index (χ1) is 17.9. The van der Waals surface area contributed by atoms with E-state index in [-0.39, 0.29) is 30.1 Å². The quantitative estimate of drug-likeness (QED) is 0.440. The Balaban J connectivity index is 1.34. The average Bonchev–Trinajstić information content (AvgIpc) is 3.24. The molecule has 0 unspecified atom stereocenters. The molecule has 3 heterocycles. The number of carbonyl (C=O) groups is 3. The highest BCUT2D eigenvalue weighted by molar-refractivity contribution is 6.02. The van der Waals surface area contributed by atoms with Crippen molar-refractivity contribution in [1.82, 2.24) is 14.8 Å². The van der Waals surface area contributed by atoms with E-state index in [0.29, 0.717) is 18.7 Å². The topological polar surface area (TPSA) is 94.9 Å². The molecule has 0 radical (unpaired) electrons. The van der Waals surface area contributed by atoms with Crippen molar-refractivity contribution in [3.8, 4) is 0 Å². The van der Waals surface area contributed by atoms with Gasteiger partial charge in [0.15, 0.2) is 0 Å². The van der Waals surface area contributed by atoms with Gasteiger partial charge < -0.3 is 24.8 Å². The first-order valence-corrected chi connectivity index (χ1v) is 12.3. The number of fused-ring (bicyclic) bond motifs is 6. The van der Waals surface area contributed by atoms with E-state index in [4.69, 9.17) is 5.11 Å². The molecule has 3 aromatic carbocycles. The van der Waals surface area contributed by atoms with Gasteiger partial charge in [-0.25, -0.2) is 4.79 Å². The van der Waals surface area contributed by atoms with Gasteiger partial charge in [0.25, 0.3) is 5.91 Å². The van der Waals surface area contributed by atoms with Crippen molar-refractivity contribution >= 4 is 34.4 Å². The molecule has 1 aromatic heterocycles. The summed E-state index contributed by atoms with van der Waals surface area (Å²) in [5, 5.41) is 13.2. The highest BCUT2D eigenvalue weighted by Crippen LogP contribution is 2.44. The fourth-order valence-corrected chi connectivity index (χ4v) is 5.64. The zero-order valence-electron chi connectivity index (χ0n) is 20.3. The average molecular weight is 495 g/mol. The summed E-state index contributed by atoms with van der Waals surface area (Å²) in [6.45, 7) is 1.01. The van der Waals surface area contributed by atoms with E-state index < -0.39 is 5.97 Å². The van der Waals surface area contributed by atoms with Gasteiger partial charge in [-0.1, -0.05) is 42.5 Å². The second-order valence-electron chi connectivity index (χ2n) is 9.50. The first-order valence-electron chi connectivity index (χ1n) is 12.3. The molecule has 6 rings (SSSR count). The number of rotatable bonds is 5. The Morgan fingerprint density at radius 3 is 2.51 bits per heavy atom. The van der Waals surface area contributed by atoms with Crippen molar-refractivity contribution in [2.24, 2.45) is 0 Å². The molecule has 0 saturated carbocycles. The number of nitrogens with zero attached hydrogens (tertiary/aromatic N) is 3. The van der Waals surface area contributed by atoms with Crippen LogP contribution in [0.2, 0.25) is 0 Å². The van der Waals surface area contributed by atoms with Crippen molar-refractivity contribution in [2.45, 2.75) is 25.7 Å². The number of carboxylic acid groups (broad SMARTS) is 1. The van der Waals surface area contributed by atoms with Crippen LogP contribution in [0.15, 0.2) is 72.8 Å². The Morgan fingerprint density at radius 2 is 1.73 bits per heavy atom. The van der Waals surface area contributed by atoms with Gasteiger partial charge in [0.2, 0.25) is 5.91 Å². The summed E-state index contributed by atoms with van der Waals surface area (Å²) >= 11 is 0. The van der Waals surface area contributed by atoms with Gasteiger partial charge in [-0.05, 0) is 47.9 Å². The summed E-state index contributed by atoms with van der Waals surface area (Å²) < 4.78 is 2.04. The summed E-state index contributed by atoms with van der Waals surface area (Å²) in [6, 6.07) is 22.2. The zero-order valence-corrected chi connectivity index (χ0v) is 20.3. The molecule has 0 aliphatic carbocycles. The molecule has 8 heteroatoms. The Morgan fingerprint density at radius 1 is 1.00 bits per heavy atom. The zero-order chi connectivity index (χ0) is 25.7. The number of anilines is 1. The lowest BCUT2D eigenvalue weighted by molar-refractivity contribution is -0.121. The monoisotopic (exact) mass is 494 g/mol. The minimum absolute atomic E-state index is 0.00964. The molecule has 2 N–H and O–H groups in total. The number of hydrogen-bond donors (Lipinski definition) is 2. The maximum absolute atomic E-state index is 13.5. The molecular weight excluding hydrogens is 468 g/mol. The molecule has 4 aromatic rings. The number of aromatic carboxylic acids is 1. The Hall–Kier alpha value is -4.59. The van der Waals surface area contributed by atoms with Crippen molar-refractivity contribution in [3.05, 3.63) is 101 Å². The first kappa shape index (κ1) is 22.8. The molecule has 2 aliphatic heterocycles. The van der Waals surface area contributed by atoms with E-state index in [1.165, 1.54) is 17.7 Å². The number of aromatic nitrogens is 1. The largest absolute Gasteiger partial charge is 0.478 e. The molecule has 0 saturated heterocycles. The van der Waals surface area contributed by atoms with Gasteiger partial charge in [0, 0.05) is 31.0 Å². The number of hydrogen-bond acceptors (Lipinski definition) is 4. The predicted octanol–water partition coefficient (Wildman–Crippen LogP) is 3.80. The molecule has 0 fully saturated rings. The van der Waals surface area contributed by atoms with Gasteiger partial charge in [-0.15, -0.1) is 0 Å². The summed E-state index contributed by atoms with van der Waals surface area (Å²) in [6.07, 6.45) is 0.411. The van der Waals surface area contributed by atoms with E-state index in [9.17, 15) is 14.4 Å². The SMILES string of the molecule is CN1c2ccccc2C(=O)N2CCc3c(n(CC(=O)NCc4ccc(C(=O)O)cc4)c4ccccc34)[C@@H]21. The van der Waals surface area contributed by atoms with Crippen molar-refractivity contribution < 1.29 is 19.5 Å². The van der Waals surface area contributed by atoms with Crippen LogP contribution in [-0.2, 0) is 24.3 Å². The van der Waals surface area contributed by atoms with E-state index >= 15 is 0 Å². The molecule has 2 amide bonds. The minimum atomic E-state index is -0.984. The van der Waals surface area contributed by atoms with E-state index in [0.717, 1.165) is 34.3 Å². The third kappa shape index (κ3) is 3.72. The van der Waals surface area contributed by atoms with Crippen LogP contribution in [0.4, 0.5) is 5.69 Å². The number of carbonyl (C=O) groups excluding carboxylic acids is 2. The Kier molecular flexibility index (Phi) is 5.44. The van der Waals surface area contributed by atoms with Crippen LogP contribution in [0, 0.1) is 0 Å². The summed E-state index contributed by atoms with van der Waals surface area (Å²) in [5.74, 6) is -1.13. The third-order valence-electron chi connectivity index (χ3n) is 7.40. The van der Waals surface area contributed by atoms with Crippen LogP contribution in [0.1, 0.15) is 43.7 Å². The second kappa shape index (κ2) is 8.81. The van der Waals surface area contributed by atoms with E-state index in [1.807, 2.05) is 59.0 Å². The van der Waals surface area contributed by atoms with Crippen molar-refractivity contribution in [2.75, 3.05) is 18.5 Å². The second-order valence-corrected chi connectivity index (χ2v) is 9.50. The van der Waals surface area contributed by atoms with Crippen LogP contribution >= 0.6 is 0 Å². The van der Waals surface area contributed by atoms with E-state index in [2.05, 4.69) is 16.3 Å². The molecule has 37 heavy (non-hydrogen) atoms. The summed E-state index contributed by atoms with van der Waals surface area (Å²) in [7, 11) is 2.00. The lowest BCUT2D eigenvalue weighted by Crippen LogP contribution is -2.51. The summed E-state index contributed by atoms with van der Waals surface area (Å²) in [5.41, 5.74) is 5.71. The molecule has 0 bridgehead atoms. The van der Waals surface area contributed by atoms with Crippen LogP contribution in [0.5, 0.6) is 0 Å². The lowest BCUT2D eigenvalue weighted by atomic mass is 9.96. The van der Waals surface area contributed by atoms with Gasteiger partial charge >= 0.3 is 5.97 Å². The Bertz CT molecular complexity index is 1560. The fourth-order valence-electron chi connectivity index (χ4n) is 5.64. The number of amides is 2. The predicted molar refractivity (Wildman–Crippen MR) is 140 cm³/mol. The maximum atomic E-state index is 13.5. The summed E-state index contributed by atoms with van der Waals surface area (Å²) in [4.78, 5) is 41.8. The van der Waals surface area contributed by atoms with Gasteiger partial charge in [-0.2, -0.15) is 0 Å². The number of carboxylic acids is 1. The molecule has 186 valence electrons. The van der Waals surface area contributed by atoms with Crippen LogP contribution in [0.25, 0.3) is 10.9 Å². The molecule has 2 aliphatic rings. The number of nitrogens with one attached hydrogen (secondary N) is 1. The normalized spacial score (nSPS) is 16.2. The van der Waals surface area contributed by atoms with E-state index in [1.54, 1.807) is 12.1 Å². The van der Waals surface area contributed by atoms with Gasteiger partial charge in [0.05, 0.1) is 22.5 Å². The van der Waals surface area contributed by atoms with Crippen molar-refractivity contribution in [3.63, 3.8) is 0 Å².